The lowest BCUT2D eigenvalue weighted by molar-refractivity contribution is 0.139. The van der Waals surface area contributed by atoms with Crippen molar-refractivity contribution >= 4 is 43.2 Å². The molecule has 3 rings (SSSR count). The van der Waals surface area contributed by atoms with Crippen LogP contribution < -0.4 is 4.80 Å². The van der Waals surface area contributed by atoms with Crippen LogP contribution in [0.5, 0.6) is 0 Å². The maximum atomic E-state index is 12.8. The van der Waals surface area contributed by atoms with Gasteiger partial charge >= 0.3 is 0 Å². The molecule has 0 amide bonds. The highest BCUT2D eigenvalue weighted by Crippen LogP contribution is 2.24. The number of hydrogen-bond donors (Lipinski definition) is 0. The Morgan fingerprint density at radius 3 is 2.56 bits per heavy atom. The zero-order valence-electron chi connectivity index (χ0n) is 15.4. The van der Waals surface area contributed by atoms with Crippen molar-refractivity contribution in [2.24, 2.45) is 4.40 Å². The number of rotatable bonds is 6. The molecule has 0 N–H and O–H groups in total. The molecule has 8 heteroatoms. The molecular weight excluding hydrogens is 404 g/mol. The number of fused-ring (bicyclic) bond motifs is 1. The van der Waals surface area contributed by atoms with Crippen LogP contribution in [-0.2, 0) is 21.3 Å². The number of halogens is 1. The number of aryl methyl sites for hydroxylation is 2. The Morgan fingerprint density at radius 1 is 1.19 bits per heavy atom. The van der Waals surface area contributed by atoms with Gasteiger partial charge in [-0.05, 0) is 62.2 Å². The Labute approximate surface area is 168 Å². The fourth-order valence-electron chi connectivity index (χ4n) is 2.86. The Kier molecular flexibility index (Phi) is 6.05. The van der Waals surface area contributed by atoms with E-state index in [1.807, 2.05) is 25.3 Å². The van der Waals surface area contributed by atoms with Crippen LogP contribution in [0.25, 0.3) is 10.2 Å². The van der Waals surface area contributed by atoms with Crippen LogP contribution in [0, 0.1) is 13.8 Å². The van der Waals surface area contributed by atoms with Gasteiger partial charge in [-0.15, -0.1) is 4.40 Å². The summed E-state index contributed by atoms with van der Waals surface area (Å²) in [4.78, 5) is 0.557. The topological polar surface area (TPSA) is 60.7 Å². The van der Waals surface area contributed by atoms with Gasteiger partial charge in [0.05, 0.1) is 21.7 Å². The van der Waals surface area contributed by atoms with E-state index in [9.17, 15) is 8.42 Å². The Bertz CT molecular complexity index is 1130. The standard InChI is InChI=1S/C19H21ClN2O3S2/c1-4-25-10-9-22-17-12-13(2)11-14(3)18(17)26-19(22)21-27(23,24)16-7-5-15(20)6-8-16/h5-8,11-12H,4,9-10H2,1-3H3. The van der Waals surface area contributed by atoms with Gasteiger partial charge in [-0.1, -0.05) is 29.0 Å². The third-order valence-electron chi connectivity index (χ3n) is 4.09. The summed E-state index contributed by atoms with van der Waals surface area (Å²) in [5.74, 6) is 0. The van der Waals surface area contributed by atoms with Crippen LogP contribution in [-0.4, -0.2) is 26.2 Å². The van der Waals surface area contributed by atoms with Gasteiger partial charge in [0.1, 0.15) is 0 Å². The molecule has 0 bridgehead atoms. The molecule has 1 aromatic heterocycles. The van der Waals surface area contributed by atoms with Gasteiger partial charge in [-0.2, -0.15) is 8.42 Å². The number of ether oxygens (including phenoxy) is 1. The van der Waals surface area contributed by atoms with Gasteiger partial charge in [0.25, 0.3) is 10.0 Å². The molecule has 2 aromatic carbocycles. The monoisotopic (exact) mass is 424 g/mol. The van der Waals surface area contributed by atoms with Gasteiger partial charge < -0.3 is 9.30 Å². The van der Waals surface area contributed by atoms with E-state index >= 15 is 0 Å². The van der Waals surface area contributed by atoms with Crippen molar-refractivity contribution in [1.82, 2.24) is 4.57 Å². The maximum absolute atomic E-state index is 12.8. The third-order valence-corrected chi connectivity index (χ3v) is 6.97. The summed E-state index contributed by atoms with van der Waals surface area (Å²) >= 11 is 7.24. The molecular formula is C19H21ClN2O3S2. The van der Waals surface area contributed by atoms with Crippen molar-refractivity contribution in [3.8, 4) is 0 Å². The molecule has 0 atom stereocenters. The van der Waals surface area contributed by atoms with Crippen LogP contribution in [0.4, 0.5) is 0 Å². The Hall–Kier alpha value is -1.67. The van der Waals surface area contributed by atoms with E-state index < -0.39 is 10.0 Å². The Balaban J connectivity index is 2.19. The summed E-state index contributed by atoms with van der Waals surface area (Å²) in [6, 6.07) is 10.2. The van der Waals surface area contributed by atoms with E-state index in [0.29, 0.717) is 29.6 Å². The second-order valence-corrected chi connectivity index (χ2v) is 9.20. The number of nitrogens with zero attached hydrogens (tertiary/aromatic N) is 2. The highest BCUT2D eigenvalue weighted by molar-refractivity contribution is 7.90. The van der Waals surface area contributed by atoms with E-state index in [1.54, 1.807) is 12.1 Å². The molecule has 144 valence electrons. The summed E-state index contributed by atoms with van der Waals surface area (Å²) in [6.07, 6.45) is 0. The predicted octanol–water partition coefficient (Wildman–Crippen LogP) is 4.30. The lowest BCUT2D eigenvalue weighted by Crippen LogP contribution is -2.20. The zero-order valence-corrected chi connectivity index (χ0v) is 17.8. The molecule has 5 nitrogen and oxygen atoms in total. The van der Waals surface area contributed by atoms with Crippen molar-refractivity contribution in [2.75, 3.05) is 13.2 Å². The van der Waals surface area contributed by atoms with E-state index in [2.05, 4.69) is 16.5 Å². The summed E-state index contributed by atoms with van der Waals surface area (Å²) in [7, 11) is -3.84. The van der Waals surface area contributed by atoms with Crippen LogP contribution in [0.15, 0.2) is 45.7 Å². The zero-order chi connectivity index (χ0) is 19.6. The first-order valence-electron chi connectivity index (χ1n) is 8.56. The molecule has 0 aliphatic carbocycles. The second-order valence-electron chi connectivity index (χ2n) is 6.18. The Morgan fingerprint density at radius 2 is 1.89 bits per heavy atom. The lowest BCUT2D eigenvalue weighted by Gasteiger charge is -2.07. The molecule has 0 radical (unpaired) electrons. The second kappa shape index (κ2) is 8.14. The van der Waals surface area contributed by atoms with Crippen LogP contribution >= 0.6 is 22.9 Å². The maximum Gasteiger partial charge on any atom is 0.285 e. The number of hydrogen-bond acceptors (Lipinski definition) is 4. The summed E-state index contributed by atoms with van der Waals surface area (Å²) in [6.45, 7) is 7.61. The minimum atomic E-state index is -3.84. The largest absolute Gasteiger partial charge is 0.380 e. The van der Waals surface area contributed by atoms with Crippen molar-refractivity contribution in [1.29, 1.82) is 0 Å². The normalized spacial score (nSPS) is 12.8. The highest BCUT2D eigenvalue weighted by Gasteiger charge is 2.16. The van der Waals surface area contributed by atoms with Gasteiger partial charge in [0.15, 0.2) is 0 Å². The van der Waals surface area contributed by atoms with E-state index in [-0.39, 0.29) is 4.90 Å². The first kappa shape index (κ1) is 20.1. The molecule has 0 spiro atoms. The first-order chi connectivity index (χ1) is 12.8. The lowest BCUT2D eigenvalue weighted by atomic mass is 10.1. The molecule has 1 heterocycles. The fraction of sp³-hybridized carbons (Fsp3) is 0.316. The van der Waals surface area contributed by atoms with Crippen molar-refractivity contribution in [2.45, 2.75) is 32.2 Å². The molecule has 0 aliphatic rings. The van der Waals surface area contributed by atoms with Gasteiger partial charge in [0.2, 0.25) is 4.80 Å². The minimum absolute atomic E-state index is 0.119. The van der Waals surface area contributed by atoms with Gasteiger partial charge in [0, 0.05) is 18.2 Å². The average Bonchev–Trinajstić information content (AvgIpc) is 2.93. The summed E-state index contributed by atoms with van der Waals surface area (Å²) in [5, 5.41) is 0.480. The first-order valence-corrected chi connectivity index (χ1v) is 11.2. The predicted molar refractivity (Wildman–Crippen MR) is 110 cm³/mol. The smallest absolute Gasteiger partial charge is 0.285 e. The number of thiazole rings is 1. The number of aromatic nitrogens is 1. The number of benzene rings is 2. The highest BCUT2D eigenvalue weighted by atomic mass is 35.5. The minimum Gasteiger partial charge on any atom is -0.380 e. The molecule has 27 heavy (non-hydrogen) atoms. The molecule has 3 aromatic rings. The van der Waals surface area contributed by atoms with Crippen LogP contribution in [0.1, 0.15) is 18.1 Å². The summed E-state index contributed by atoms with van der Waals surface area (Å²) < 4.78 is 38.1. The molecule has 0 aliphatic heterocycles. The third kappa shape index (κ3) is 4.43. The van der Waals surface area contributed by atoms with Crippen molar-refractivity contribution < 1.29 is 13.2 Å². The average molecular weight is 425 g/mol. The fourth-order valence-corrected chi connectivity index (χ4v) is 5.30. The SMILES string of the molecule is CCOCCn1c(=NS(=O)(=O)c2ccc(Cl)cc2)sc2c(C)cc(C)cc21. The van der Waals surface area contributed by atoms with Crippen molar-refractivity contribution in [3.63, 3.8) is 0 Å². The van der Waals surface area contributed by atoms with E-state index in [0.717, 1.165) is 21.3 Å². The number of sulfonamides is 1. The van der Waals surface area contributed by atoms with E-state index in [1.165, 1.54) is 23.5 Å². The molecule has 0 saturated carbocycles. The molecule has 0 saturated heterocycles. The van der Waals surface area contributed by atoms with Crippen molar-refractivity contribution in [3.05, 3.63) is 57.3 Å². The summed E-state index contributed by atoms with van der Waals surface area (Å²) in [5.41, 5.74) is 3.20. The molecule has 0 unspecified atom stereocenters. The van der Waals surface area contributed by atoms with Crippen LogP contribution in [0.2, 0.25) is 5.02 Å². The quantitative estimate of drug-likeness (QED) is 0.554. The van der Waals surface area contributed by atoms with E-state index in [4.69, 9.17) is 16.3 Å². The van der Waals surface area contributed by atoms with Crippen LogP contribution in [0.3, 0.4) is 0 Å². The van der Waals surface area contributed by atoms with Gasteiger partial charge in [-0.25, -0.2) is 0 Å². The molecule has 0 fully saturated rings. The van der Waals surface area contributed by atoms with Gasteiger partial charge in [-0.3, -0.25) is 0 Å².